The molecule has 2 atom stereocenters. The zero-order chi connectivity index (χ0) is 18.1. The van der Waals surface area contributed by atoms with Crippen molar-refractivity contribution in [1.29, 1.82) is 0 Å². The summed E-state index contributed by atoms with van der Waals surface area (Å²) in [4.78, 5) is 34.2. The van der Waals surface area contributed by atoms with Crippen molar-refractivity contribution in [3.8, 4) is 0 Å². The normalized spacial score (nSPS) is 27.2. The first-order valence-corrected chi connectivity index (χ1v) is 9.44. The van der Waals surface area contributed by atoms with Crippen LogP contribution in [0.15, 0.2) is 37.1 Å². The van der Waals surface area contributed by atoms with Gasteiger partial charge in [-0.1, -0.05) is 12.1 Å². The van der Waals surface area contributed by atoms with Crippen LogP contribution < -0.4 is 5.32 Å². The van der Waals surface area contributed by atoms with Crippen molar-refractivity contribution in [2.75, 3.05) is 32.7 Å². The van der Waals surface area contributed by atoms with Gasteiger partial charge < -0.3 is 15.1 Å². The number of pyridine rings is 1. The van der Waals surface area contributed by atoms with Gasteiger partial charge in [0.2, 0.25) is 11.8 Å². The van der Waals surface area contributed by atoms with E-state index in [4.69, 9.17) is 0 Å². The maximum absolute atomic E-state index is 13.6. The van der Waals surface area contributed by atoms with E-state index < -0.39 is 5.41 Å². The summed E-state index contributed by atoms with van der Waals surface area (Å²) in [5.74, 6) is 0.746. The molecule has 0 bridgehead atoms. The van der Waals surface area contributed by atoms with Crippen molar-refractivity contribution in [2.24, 2.45) is 17.3 Å². The Hall–Kier alpha value is -2.21. The van der Waals surface area contributed by atoms with Crippen molar-refractivity contribution < 1.29 is 9.59 Å². The highest BCUT2D eigenvalue weighted by atomic mass is 16.2. The molecule has 2 saturated heterocycles. The van der Waals surface area contributed by atoms with Gasteiger partial charge in [0.05, 0.1) is 17.7 Å². The Morgan fingerprint density at radius 2 is 2.27 bits per heavy atom. The molecular formula is C20H26N4O2. The number of rotatable bonds is 6. The standard InChI is InChI=1S/C20H26N4O2/c1-2-9-23(12-17-5-3-4-8-22-17)19(26)20-13-21-10-16(20)11-24(14-20)18(25)15-6-7-15/h2-5,8,15-16,21H,1,6-7,9-14H2/t16-,20-/m0/s1. The predicted octanol–water partition coefficient (Wildman–Crippen LogP) is 1.05. The molecule has 4 rings (SSSR count). The first-order valence-electron chi connectivity index (χ1n) is 9.44. The number of carbonyl (C=O) groups excluding carboxylic acids is 2. The van der Waals surface area contributed by atoms with Crippen LogP contribution in [-0.4, -0.2) is 59.3 Å². The minimum atomic E-state index is -0.512. The fourth-order valence-electron chi connectivity index (χ4n) is 4.36. The smallest absolute Gasteiger partial charge is 0.232 e. The zero-order valence-corrected chi connectivity index (χ0v) is 15.1. The van der Waals surface area contributed by atoms with E-state index in [0.717, 1.165) is 25.1 Å². The van der Waals surface area contributed by atoms with E-state index in [2.05, 4.69) is 16.9 Å². The second kappa shape index (κ2) is 6.83. The van der Waals surface area contributed by atoms with Crippen LogP contribution in [0.4, 0.5) is 0 Å². The Balaban J connectivity index is 1.55. The summed E-state index contributed by atoms with van der Waals surface area (Å²) >= 11 is 0. The van der Waals surface area contributed by atoms with Gasteiger partial charge in [0.25, 0.3) is 0 Å². The molecule has 0 radical (unpaired) electrons. The second-order valence-electron chi connectivity index (χ2n) is 7.77. The lowest BCUT2D eigenvalue weighted by atomic mass is 9.79. The lowest BCUT2D eigenvalue weighted by Crippen LogP contribution is -2.49. The van der Waals surface area contributed by atoms with E-state index in [-0.39, 0.29) is 23.7 Å². The van der Waals surface area contributed by atoms with Gasteiger partial charge in [0, 0.05) is 50.8 Å². The molecule has 3 heterocycles. The van der Waals surface area contributed by atoms with E-state index >= 15 is 0 Å². The molecule has 2 aliphatic heterocycles. The third-order valence-corrected chi connectivity index (χ3v) is 5.91. The number of aromatic nitrogens is 1. The molecule has 0 aromatic carbocycles. The van der Waals surface area contributed by atoms with E-state index in [1.165, 1.54) is 0 Å². The molecule has 1 aromatic heterocycles. The number of carbonyl (C=O) groups is 2. The third kappa shape index (κ3) is 3.03. The van der Waals surface area contributed by atoms with Gasteiger partial charge in [-0.15, -0.1) is 6.58 Å². The Morgan fingerprint density at radius 3 is 2.96 bits per heavy atom. The minimum Gasteiger partial charge on any atom is -0.341 e. The first-order chi connectivity index (χ1) is 12.6. The summed E-state index contributed by atoms with van der Waals surface area (Å²) < 4.78 is 0. The number of amides is 2. The summed E-state index contributed by atoms with van der Waals surface area (Å²) in [7, 11) is 0. The second-order valence-corrected chi connectivity index (χ2v) is 7.77. The van der Waals surface area contributed by atoms with Gasteiger partial charge in [-0.3, -0.25) is 14.6 Å². The quantitative estimate of drug-likeness (QED) is 0.776. The summed E-state index contributed by atoms with van der Waals surface area (Å²) in [6, 6.07) is 5.74. The van der Waals surface area contributed by atoms with Crippen molar-refractivity contribution in [3.63, 3.8) is 0 Å². The van der Waals surface area contributed by atoms with E-state index in [9.17, 15) is 9.59 Å². The van der Waals surface area contributed by atoms with Crippen molar-refractivity contribution in [2.45, 2.75) is 19.4 Å². The summed E-state index contributed by atoms with van der Waals surface area (Å²) in [5, 5.41) is 3.38. The van der Waals surface area contributed by atoms with Crippen molar-refractivity contribution >= 4 is 11.8 Å². The number of nitrogens with one attached hydrogen (secondary N) is 1. The highest BCUT2D eigenvalue weighted by Crippen LogP contribution is 2.43. The number of hydrogen-bond acceptors (Lipinski definition) is 4. The molecule has 1 aromatic rings. The molecule has 26 heavy (non-hydrogen) atoms. The molecule has 1 aliphatic carbocycles. The highest BCUT2D eigenvalue weighted by Gasteiger charge is 2.57. The molecule has 1 N–H and O–H groups in total. The lowest BCUT2D eigenvalue weighted by molar-refractivity contribution is -0.142. The van der Waals surface area contributed by atoms with Gasteiger partial charge in [-0.2, -0.15) is 0 Å². The molecule has 2 amide bonds. The van der Waals surface area contributed by atoms with E-state index in [0.29, 0.717) is 32.7 Å². The predicted molar refractivity (Wildman–Crippen MR) is 97.9 cm³/mol. The highest BCUT2D eigenvalue weighted by molar-refractivity contribution is 5.87. The van der Waals surface area contributed by atoms with Gasteiger partial charge in [0.15, 0.2) is 0 Å². The van der Waals surface area contributed by atoms with Crippen LogP contribution >= 0.6 is 0 Å². The van der Waals surface area contributed by atoms with E-state index in [1.807, 2.05) is 28.0 Å². The molecule has 6 heteroatoms. The van der Waals surface area contributed by atoms with Crippen LogP contribution in [0.25, 0.3) is 0 Å². The number of nitrogens with zero attached hydrogens (tertiary/aromatic N) is 3. The van der Waals surface area contributed by atoms with Crippen molar-refractivity contribution in [3.05, 3.63) is 42.7 Å². The number of likely N-dealkylation sites (tertiary alicyclic amines) is 1. The first kappa shape index (κ1) is 17.2. The van der Waals surface area contributed by atoms with Crippen LogP contribution in [0, 0.1) is 17.3 Å². The van der Waals surface area contributed by atoms with E-state index in [1.54, 1.807) is 12.3 Å². The van der Waals surface area contributed by atoms with Crippen LogP contribution in [-0.2, 0) is 16.1 Å². The fraction of sp³-hybridized carbons (Fsp3) is 0.550. The zero-order valence-electron chi connectivity index (χ0n) is 15.1. The molecule has 0 spiro atoms. The molecule has 1 saturated carbocycles. The Bertz CT molecular complexity index is 703. The van der Waals surface area contributed by atoms with Crippen LogP contribution in [0.3, 0.4) is 0 Å². The van der Waals surface area contributed by atoms with Crippen molar-refractivity contribution in [1.82, 2.24) is 20.1 Å². The maximum Gasteiger partial charge on any atom is 0.232 e. The van der Waals surface area contributed by atoms with Crippen LogP contribution in [0.2, 0.25) is 0 Å². The Labute approximate surface area is 154 Å². The molecule has 3 fully saturated rings. The molecular weight excluding hydrogens is 328 g/mol. The summed E-state index contributed by atoms with van der Waals surface area (Å²) in [5.41, 5.74) is 0.355. The number of fused-ring (bicyclic) bond motifs is 1. The van der Waals surface area contributed by atoms with Crippen LogP contribution in [0.1, 0.15) is 18.5 Å². The van der Waals surface area contributed by atoms with Gasteiger partial charge in [0.1, 0.15) is 0 Å². The fourth-order valence-corrected chi connectivity index (χ4v) is 4.36. The topological polar surface area (TPSA) is 65.5 Å². The largest absolute Gasteiger partial charge is 0.341 e. The third-order valence-electron chi connectivity index (χ3n) is 5.91. The average molecular weight is 354 g/mol. The summed E-state index contributed by atoms with van der Waals surface area (Å²) in [6.45, 7) is 7.44. The number of hydrogen-bond donors (Lipinski definition) is 1. The van der Waals surface area contributed by atoms with Crippen LogP contribution in [0.5, 0.6) is 0 Å². The Morgan fingerprint density at radius 1 is 1.42 bits per heavy atom. The average Bonchev–Trinajstić information content (AvgIpc) is 3.32. The van der Waals surface area contributed by atoms with Gasteiger partial charge >= 0.3 is 0 Å². The van der Waals surface area contributed by atoms with Gasteiger partial charge in [-0.05, 0) is 25.0 Å². The SMILES string of the molecule is C=CCN(Cc1ccccn1)C(=O)[C@]12CNC[C@H]1CN(C(=O)C1CC1)C2. The maximum atomic E-state index is 13.6. The molecule has 3 aliphatic rings. The molecule has 138 valence electrons. The lowest BCUT2D eigenvalue weighted by Gasteiger charge is -2.33. The summed E-state index contributed by atoms with van der Waals surface area (Å²) in [6.07, 6.45) is 5.51. The Kier molecular flexibility index (Phi) is 4.53. The monoisotopic (exact) mass is 354 g/mol. The minimum absolute atomic E-state index is 0.115. The molecule has 6 nitrogen and oxygen atoms in total. The van der Waals surface area contributed by atoms with Gasteiger partial charge in [-0.25, -0.2) is 0 Å². The molecule has 0 unspecified atom stereocenters.